The molecule has 1 rings (SSSR count). The zero-order valence-corrected chi connectivity index (χ0v) is 17.2. The molecule has 0 radical (unpaired) electrons. The minimum absolute atomic E-state index is 0.161. The fourth-order valence-electron chi connectivity index (χ4n) is 3.26. The molecule has 4 atom stereocenters. The molecule has 0 aromatic rings. The number of carbonyl (C=O) groups excluding carboxylic acids is 3. The molecule has 1 fully saturated rings. The average molecular weight is 445 g/mol. The van der Waals surface area contributed by atoms with E-state index in [2.05, 4.69) is 10.6 Å². The number of hydrogen-bond donors (Lipinski definition) is 7. The fourth-order valence-corrected chi connectivity index (χ4v) is 3.26. The number of carboxylic acid groups (broad SMARTS) is 2. The number of hydrogen-bond acceptors (Lipinski definition) is 8. The zero-order chi connectivity index (χ0) is 23.6. The van der Waals surface area contributed by atoms with Gasteiger partial charge in [-0.15, -0.1) is 0 Å². The number of nitrogens with zero attached hydrogens (tertiary/aromatic N) is 1. The normalized spacial score (nSPS) is 18.7. The Morgan fingerprint density at radius 1 is 1.03 bits per heavy atom. The maximum Gasteiger partial charge on any atom is 0.326 e. The van der Waals surface area contributed by atoms with Crippen LogP contribution < -0.4 is 22.1 Å². The number of nitrogens with two attached hydrogens (primary N) is 2. The van der Waals surface area contributed by atoms with E-state index < -0.39 is 66.9 Å². The second-order valence-electron chi connectivity index (χ2n) is 7.32. The summed E-state index contributed by atoms with van der Waals surface area (Å²) in [5.74, 6) is -4.98. The summed E-state index contributed by atoms with van der Waals surface area (Å²) >= 11 is 0. The second kappa shape index (κ2) is 12.8. The van der Waals surface area contributed by atoms with Crippen molar-refractivity contribution >= 4 is 29.7 Å². The van der Waals surface area contributed by atoms with E-state index in [1.165, 1.54) is 4.90 Å². The fraction of sp³-hybridized carbons (Fsp3) is 0.722. The lowest BCUT2D eigenvalue weighted by molar-refractivity contribution is -0.149. The molecule has 0 aromatic carbocycles. The molecule has 0 spiro atoms. The molecule has 0 bridgehead atoms. The van der Waals surface area contributed by atoms with Gasteiger partial charge in [-0.2, -0.15) is 0 Å². The summed E-state index contributed by atoms with van der Waals surface area (Å²) in [5.41, 5.74) is 10.9. The predicted molar refractivity (Wildman–Crippen MR) is 106 cm³/mol. The topological polar surface area (TPSA) is 225 Å². The summed E-state index contributed by atoms with van der Waals surface area (Å²) in [5, 5.41) is 31.9. The SMILES string of the molecule is NCCCC[C@H](NC(=O)[C@H](CC(=O)O)NC(=O)[C@@H](N)CO)C(=O)N1CCC[C@H]1C(=O)O. The van der Waals surface area contributed by atoms with Crippen molar-refractivity contribution in [2.24, 2.45) is 11.5 Å². The number of aliphatic hydroxyl groups excluding tert-OH is 1. The van der Waals surface area contributed by atoms with Gasteiger partial charge in [0.05, 0.1) is 13.0 Å². The number of carboxylic acids is 2. The highest BCUT2D eigenvalue weighted by molar-refractivity contribution is 5.95. The van der Waals surface area contributed by atoms with E-state index in [4.69, 9.17) is 21.7 Å². The molecular formula is C18H31N5O8. The highest BCUT2D eigenvalue weighted by Gasteiger charge is 2.38. The van der Waals surface area contributed by atoms with E-state index in [0.29, 0.717) is 32.2 Å². The van der Waals surface area contributed by atoms with E-state index >= 15 is 0 Å². The van der Waals surface area contributed by atoms with Crippen LogP contribution in [0.1, 0.15) is 38.5 Å². The number of likely N-dealkylation sites (tertiary alicyclic amines) is 1. The van der Waals surface area contributed by atoms with Crippen molar-refractivity contribution in [3.05, 3.63) is 0 Å². The quantitative estimate of drug-likeness (QED) is 0.142. The summed E-state index contributed by atoms with van der Waals surface area (Å²) in [4.78, 5) is 61.3. The van der Waals surface area contributed by atoms with Crippen molar-refractivity contribution in [3.63, 3.8) is 0 Å². The van der Waals surface area contributed by atoms with Crippen LogP contribution in [0, 0.1) is 0 Å². The Morgan fingerprint density at radius 2 is 1.68 bits per heavy atom. The van der Waals surface area contributed by atoms with Gasteiger partial charge in [-0.1, -0.05) is 0 Å². The van der Waals surface area contributed by atoms with Crippen LogP contribution in [-0.2, 0) is 24.0 Å². The summed E-state index contributed by atoms with van der Waals surface area (Å²) < 4.78 is 0. The number of unbranched alkanes of at least 4 members (excludes halogenated alkanes) is 1. The van der Waals surface area contributed by atoms with Gasteiger partial charge in [0.25, 0.3) is 0 Å². The number of carbonyl (C=O) groups is 5. The Bertz CT molecular complexity index is 673. The standard InChI is InChI=1S/C18H31N5O8/c19-6-2-1-4-11(17(29)23-7-3-5-13(23)18(30)31)21-16(28)12(8-14(25)26)22-15(27)10(20)9-24/h10-13,24H,1-9,19-20H2,(H,21,28)(H,22,27)(H,25,26)(H,30,31)/t10-,11-,12-,13-/m0/s1. The monoisotopic (exact) mass is 445 g/mol. The van der Waals surface area contributed by atoms with Gasteiger partial charge in [0.1, 0.15) is 24.2 Å². The highest BCUT2D eigenvalue weighted by atomic mass is 16.4. The maximum atomic E-state index is 13.0. The number of rotatable bonds is 13. The number of aliphatic hydroxyl groups is 1. The molecule has 3 amide bonds. The van der Waals surface area contributed by atoms with E-state index in [1.54, 1.807) is 0 Å². The summed E-state index contributed by atoms with van der Waals surface area (Å²) in [6.07, 6.45) is 1.20. The Labute approximate surface area is 179 Å². The Morgan fingerprint density at radius 3 is 2.23 bits per heavy atom. The van der Waals surface area contributed by atoms with Gasteiger partial charge in [-0.05, 0) is 38.6 Å². The molecule has 0 unspecified atom stereocenters. The van der Waals surface area contributed by atoms with Crippen LogP contribution in [-0.4, -0.2) is 93.7 Å². The molecule has 0 aliphatic carbocycles. The van der Waals surface area contributed by atoms with Crippen LogP contribution in [0.15, 0.2) is 0 Å². The van der Waals surface area contributed by atoms with Gasteiger partial charge >= 0.3 is 11.9 Å². The lowest BCUT2D eigenvalue weighted by Gasteiger charge is -2.28. The molecule has 13 heteroatoms. The first-order valence-corrected chi connectivity index (χ1v) is 10.0. The Balaban J connectivity index is 2.99. The minimum atomic E-state index is -1.54. The van der Waals surface area contributed by atoms with Crippen molar-refractivity contribution in [3.8, 4) is 0 Å². The first kappa shape index (κ1) is 26.3. The Kier molecular flexibility index (Phi) is 10.9. The maximum absolute atomic E-state index is 13.0. The smallest absolute Gasteiger partial charge is 0.326 e. The van der Waals surface area contributed by atoms with Crippen molar-refractivity contribution in [2.75, 3.05) is 19.7 Å². The largest absolute Gasteiger partial charge is 0.481 e. The van der Waals surface area contributed by atoms with E-state index in [0.717, 1.165) is 0 Å². The average Bonchev–Trinajstić information content (AvgIpc) is 3.21. The molecule has 0 aromatic heterocycles. The third kappa shape index (κ3) is 8.11. The zero-order valence-electron chi connectivity index (χ0n) is 17.2. The molecule has 9 N–H and O–H groups in total. The molecule has 176 valence electrons. The minimum Gasteiger partial charge on any atom is -0.481 e. The van der Waals surface area contributed by atoms with Gasteiger partial charge in [0.2, 0.25) is 17.7 Å². The van der Waals surface area contributed by atoms with Gasteiger partial charge in [-0.3, -0.25) is 19.2 Å². The molecule has 1 aliphatic rings. The van der Waals surface area contributed by atoms with E-state index in [9.17, 15) is 29.1 Å². The first-order chi connectivity index (χ1) is 14.6. The first-order valence-electron chi connectivity index (χ1n) is 10.0. The lowest BCUT2D eigenvalue weighted by atomic mass is 10.1. The van der Waals surface area contributed by atoms with Gasteiger partial charge in [-0.25, -0.2) is 4.79 Å². The molecular weight excluding hydrogens is 414 g/mol. The Hall–Kier alpha value is -2.77. The second-order valence-corrected chi connectivity index (χ2v) is 7.32. The third-order valence-electron chi connectivity index (χ3n) is 4.93. The summed E-state index contributed by atoms with van der Waals surface area (Å²) in [6, 6.07) is -5.01. The van der Waals surface area contributed by atoms with Crippen molar-refractivity contribution in [1.82, 2.24) is 15.5 Å². The molecule has 1 aliphatic heterocycles. The summed E-state index contributed by atoms with van der Waals surface area (Å²) in [7, 11) is 0. The molecule has 1 saturated heterocycles. The van der Waals surface area contributed by atoms with Crippen LogP contribution in [0.5, 0.6) is 0 Å². The van der Waals surface area contributed by atoms with E-state index in [1.807, 2.05) is 0 Å². The third-order valence-corrected chi connectivity index (χ3v) is 4.93. The highest BCUT2D eigenvalue weighted by Crippen LogP contribution is 2.20. The molecule has 1 heterocycles. The van der Waals surface area contributed by atoms with Crippen LogP contribution in [0.4, 0.5) is 0 Å². The molecule has 31 heavy (non-hydrogen) atoms. The van der Waals surface area contributed by atoms with Crippen molar-refractivity contribution in [1.29, 1.82) is 0 Å². The number of amides is 3. The van der Waals surface area contributed by atoms with Gasteiger partial charge in [0.15, 0.2) is 0 Å². The number of aliphatic carboxylic acids is 2. The van der Waals surface area contributed by atoms with Crippen LogP contribution in [0.25, 0.3) is 0 Å². The van der Waals surface area contributed by atoms with Crippen LogP contribution >= 0.6 is 0 Å². The van der Waals surface area contributed by atoms with Crippen molar-refractivity contribution < 1.29 is 39.3 Å². The molecule has 13 nitrogen and oxygen atoms in total. The van der Waals surface area contributed by atoms with E-state index in [-0.39, 0.29) is 13.0 Å². The van der Waals surface area contributed by atoms with Crippen LogP contribution in [0.2, 0.25) is 0 Å². The van der Waals surface area contributed by atoms with Gasteiger partial charge < -0.3 is 42.3 Å². The summed E-state index contributed by atoms with van der Waals surface area (Å²) in [6.45, 7) is -0.133. The molecule has 0 saturated carbocycles. The number of nitrogens with one attached hydrogen (secondary N) is 2. The van der Waals surface area contributed by atoms with Gasteiger partial charge in [0, 0.05) is 6.54 Å². The predicted octanol–water partition coefficient (Wildman–Crippen LogP) is -3.05. The van der Waals surface area contributed by atoms with Crippen LogP contribution in [0.3, 0.4) is 0 Å². The lowest BCUT2D eigenvalue weighted by Crippen LogP contribution is -2.57. The van der Waals surface area contributed by atoms with Crippen molar-refractivity contribution in [2.45, 2.75) is 62.7 Å².